The summed E-state index contributed by atoms with van der Waals surface area (Å²) in [5, 5.41) is 2.77. The predicted molar refractivity (Wildman–Crippen MR) is 87.4 cm³/mol. The Balaban J connectivity index is 0. The summed E-state index contributed by atoms with van der Waals surface area (Å²) in [6.07, 6.45) is 0. The zero-order valence-electron chi connectivity index (χ0n) is 11.6. The molecule has 0 aliphatic rings. The summed E-state index contributed by atoms with van der Waals surface area (Å²) < 4.78 is 0. The van der Waals surface area contributed by atoms with Crippen LogP contribution in [0.3, 0.4) is 0 Å². The summed E-state index contributed by atoms with van der Waals surface area (Å²) in [5.41, 5.74) is 13.0. The monoisotopic (exact) mass is 320 g/mol. The van der Waals surface area contributed by atoms with Gasteiger partial charge >= 0.3 is 0 Å². The Morgan fingerprint density at radius 2 is 1.95 bits per heavy atom. The minimum atomic E-state index is -0.488. The molecule has 1 aromatic carbocycles. The van der Waals surface area contributed by atoms with Crippen molar-refractivity contribution >= 4 is 36.6 Å². The number of benzene rings is 1. The molecular weight excluding hydrogens is 299 g/mol. The predicted octanol–water partition coefficient (Wildman–Crippen LogP) is 1.37. The van der Waals surface area contributed by atoms with Crippen LogP contribution in [0.15, 0.2) is 29.3 Å². The molecule has 7 heteroatoms. The summed E-state index contributed by atoms with van der Waals surface area (Å²) in [6.45, 7) is 4.44. The minimum Gasteiger partial charge on any atom is -0.388 e. The third-order valence-electron chi connectivity index (χ3n) is 2.38. The molecular formula is C13H22Cl2N4O. The molecule has 1 amide bonds. The first-order valence-electron chi connectivity index (χ1n) is 5.86. The Morgan fingerprint density at radius 1 is 1.35 bits per heavy atom. The van der Waals surface area contributed by atoms with Crippen LogP contribution in [0.25, 0.3) is 0 Å². The molecule has 1 rings (SSSR count). The number of carbonyl (C=O) groups excluding carboxylic acids is 1. The number of amides is 1. The van der Waals surface area contributed by atoms with Crippen LogP contribution in [0.4, 0.5) is 0 Å². The van der Waals surface area contributed by atoms with E-state index in [2.05, 4.69) is 10.3 Å². The standard InChI is InChI=1S/C13H20N4O.2ClH/c1-9(14)13(18)17-8-12-5-3-4-11(6-12)7-16-10(2)15;;/h3-6,9H,7-8,14H2,1-2H3,(H2,15,16)(H,17,18);2*1H/t9-;;/m0../s1. The fourth-order valence-electron chi connectivity index (χ4n) is 1.40. The van der Waals surface area contributed by atoms with E-state index in [0.717, 1.165) is 11.1 Å². The van der Waals surface area contributed by atoms with Crippen LogP contribution in [0.5, 0.6) is 0 Å². The molecule has 20 heavy (non-hydrogen) atoms. The Kier molecular flexibility index (Phi) is 11.0. The first kappa shape index (κ1) is 21.0. The van der Waals surface area contributed by atoms with Crippen molar-refractivity contribution in [2.24, 2.45) is 16.5 Å². The van der Waals surface area contributed by atoms with Crippen molar-refractivity contribution in [2.45, 2.75) is 33.0 Å². The lowest BCUT2D eigenvalue weighted by Gasteiger charge is -2.08. The molecule has 0 saturated heterocycles. The number of halogens is 2. The molecule has 1 atom stereocenters. The van der Waals surface area contributed by atoms with E-state index >= 15 is 0 Å². The molecule has 0 heterocycles. The molecule has 5 N–H and O–H groups in total. The van der Waals surface area contributed by atoms with Crippen LogP contribution in [-0.4, -0.2) is 17.8 Å². The first-order chi connectivity index (χ1) is 8.49. The van der Waals surface area contributed by atoms with E-state index in [1.807, 2.05) is 24.3 Å². The van der Waals surface area contributed by atoms with Crippen LogP contribution >= 0.6 is 24.8 Å². The van der Waals surface area contributed by atoms with Gasteiger partial charge in [-0.1, -0.05) is 24.3 Å². The van der Waals surface area contributed by atoms with Gasteiger partial charge in [0.2, 0.25) is 5.91 Å². The molecule has 1 aromatic rings. The average Bonchev–Trinajstić information content (AvgIpc) is 2.33. The van der Waals surface area contributed by atoms with Gasteiger partial charge in [0.25, 0.3) is 0 Å². The topological polar surface area (TPSA) is 93.5 Å². The molecule has 0 unspecified atom stereocenters. The van der Waals surface area contributed by atoms with Crippen LogP contribution in [0, 0.1) is 0 Å². The summed E-state index contributed by atoms with van der Waals surface area (Å²) in [7, 11) is 0. The van der Waals surface area contributed by atoms with Crippen molar-refractivity contribution in [1.29, 1.82) is 0 Å². The fraction of sp³-hybridized carbons (Fsp3) is 0.385. The van der Waals surface area contributed by atoms with Crippen molar-refractivity contribution in [1.82, 2.24) is 5.32 Å². The van der Waals surface area contributed by atoms with Gasteiger partial charge in [-0.15, -0.1) is 24.8 Å². The molecule has 0 aliphatic carbocycles. The second-order valence-electron chi connectivity index (χ2n) is 4.28. The zero-order valence-corrected chi connectivity index (χ0v) is 13.3. The molecule has 0 saturated carbocycles. The Bertz CT molecular complexity index is 446. The Labute approximate surface area is 132 Å². The van der Waals surface area contributed by atoms with Gasteiger partial charge in [0.15, 0.2) is 0 Å². The number of nitrogens with one attached hydrogen (secondary N) is 1. The second-order valence-corrected chi connectivity index (χ2v) is 4.28. The normalized spacial score (nSPS) is 11.8. The molecule has 0 spiro atoms. The van der Waals surface area contributed by atoms with Gasteiger partial charge in [-0.3, -0.25) is 9.79 Å². The maximum Gasteiger partial charge on any atom is 0.236 e. The molecule has 5 nitrogen and oxygen atoms in total. The SMILES string of the molecule is CC(N)=NCc1cccc(CNC(=O)[C@H](C)N)c1.Cl.Cl. The lowest BCUT2D eigenvalue weighted by atomic mass is 10.1. The number of amidine groups is 1. The molecule has 0 fully saturated rings. The number of hydrogen-bond donors (Lipinski definition) is 3. The van der Waals surface area contributed by atoms with E-state index in [4.69, 9.17) is 11.5 Å². The lowest BCUT2D eigenvalue weighted by Crippen LogP contribution is -2.37. The van der Waals surface area contributed by atoms with E-state index in [1.165, 1.54) is 0 Å². The number of rotatable bonds is 5. The number of hydrogen-bond acceptors (Lipinski definition) is 3. The quantitative estimate of drug-likeness (QED) is 0.565. The third-order valence-corrected chi connectivity index (χ3v) is 2.38. The summed E-state index contributed by atoms with van der Waals surface area (Å²) in [5.74, 6) is 0.405. The number of nitrogens with zero attached hydrogens (tertiary/aromatic N) is 1. The van der Waals surface area contributed by atoms with Gasteiger partial charge < -0.3 is 16.8 Å². The molecule has 0 aromatic heterocycles. The first-order valence-corrected chi connectivity index (χ1v) is 5.86. The van der Waals surface area contributed by atoms with Gasteiger partial charge in [0, 0.05) is 6.54 Å². The van der Waals surface area contributed by atoms with Gasteiger partial charge in [-0.25, -0.2) is 0 Å². The van der Waals surface area contributed by atoms with E-state index in [-0.39, 0.29) is 30.7 Å². The van der Waals surface area contributed by atoms with Gasteiger partial charge in [0.05, 0.1) is 18.4 Å². The van der Waals surface area contributed by atoms with E-state index in [9.17, 15) is 4.79 Å². The van der Waals surface area contributed by atoms with E-state index in [1.54, 1.807) is 13.8 Å². The highest BCUT2D eigenvalue weighted by molar-refractivity contribution is 5.85. The number of aliphatic imine (C=N–C) groups is 1. The highest BCUT2D eigenvalue weighted by atomic mass is 35.5. The van der Waals surface area contributed by atoms with Crippen molar-refractivity contribution < 1.29 is 4.79 Å². The van der Waals surface area contributed by atoms with Crippen molar-refractivity contribution in [3.05, 3.63) is 35.4 Å². The zero-order chi connectivity index (χ0) is 13.5. The van der Waals surface area contributed by atoms with Crippen molar-refractivity contribution in [3.63, 3.8) is 0 Å². The molecule has 114 valence electrons. The van der Waals surface area contributed by atoms with E-state index < -0.39 is 6.04 Å². The van der Waals surface area contributed by atoms with Crippen molar-refractivity contribution in [2.75, 3.05) is 0 Å². The molecule has 0 bridgehead atoms. The van der Waals surface area contributed by atoms with Crippen LogP contribution in [-0.2, 0) is 17.9 Å². The largest absolute Gasteiger partial charge is 0.388 e. The van der Waals surface area contributed by atoms with Gasteiger partial charge in [-0.05, 0) is 25.0 Å². The summed E-state index contributed by atoms with van der Waals surface area (Å²) >= 11 is 0. The molecule has 0 radical (unpaired) electrons. The average molecular weight is 321 g/mol. The second kappa shape index (κ2) is 10.5. The van der Waals surface area contributed by atoms with Crippen molar-refractivity contribution in [3.8, 4) is 0 Å². The number of nitrogens with two attached hydrogens (primary N) is 2. The summed E-state index contributed by atoms with van der Waals surface area (Å²) in [6, 6.07) is 7.36. The highest BCUT2D eigenvalue weighted by Gasteiger charge is 2.06. The third kappa shape index (κ3) is 7.99. The molecule has 0 aliphatic heterocycles. The van der Waals surface area contributed by atoms with Crippen LogP contribution < -0.4 is 16.8 Å². The van der Waals surface area contributed by atoms with Gasteiger partial charge in [-0.2, -0.15) is 0 Å². The lowest BCUT2D eigenvalue weighted by molar-refractivity contribution is -0.122. The van der Waals surface area contributed by atoms with Gasteiger partial charge in [0.1, 0.15) is 0 Å². The summed E-state index contributed by atoms with van der Waals surface area (Å²) in [4.78, 5) is 15.5. The minimum absolute atomic E-state index is 0. The van der Waals surface area contributed by atoms with E-state index in [0.29, 0.717) is 18.9 Å². The Hall–Kier alpha value is -1.30. The maximum atomic E-state index is 11.3. The van der Waals surface area contributed by atoms with Crippen LogP contribution in [0.2, 0.25) is 0 Å². The van der Waals surface area contributed by atoms with Crippen LogP contribution in [0.1, 0.15) is 25.0 Å². The highest BCUT2D eigenvalue weighted by Crippen LogP contribution is 2.06. The number of carbonyl (C=O) groups is 1. The fourth-order valence-corrected chi connectivity index (χ4v) is 1.40. The maximum absolute atomic E-state index is 11.3. The Morgan fingerprint density at radius 3 is 2.50 bits per heavy atom. The smallest absolute Gasteiger partial charge is 0.236 e.